The number of hydrogen-bond acceptors (Lipinski definition) is 4. The molecule has 1 N–H and O–H groups in total. The Bertz CT molecular complexity index is 402. The van der Waals surface area contributed by atoms with Crippen LogP contribution in [0.1, 0.15) is 25.7 Å². The predicted molar refractivity (Wildman–Crippen MR) is 62.9 cm³/mol. The van der Waals surface area contributed by atoms with Crippen molar-refractivity contribution in [3.8, 4) is 0 Å². The lowest BCUT2D eigenvalue weighted by Gasteiger charge is -2.53. The summed E-state index contributed by atoms with van der Waals surface area (Å²) in [5.74, 6) is -1.25. The van der Waals surface area contributed by atoms with Crippen LogP contribution in [-0.2, 0) is 19.1 Å². The quantitative estimate of drug-likeness (QED) is 0.606. The Morgan fingerprint density at radius 1 is 1.44 bits per heavy atom. The molecule has 3 aliphatic rings. The molecule has 0 saturated heterocycles. The van der Waals surface area contributed by atoms with E-state index in [1.54, 1.807) is 0 Å². The highest BCUT2D eigenvalue weighted by molar-refractivity contribution is 5.85. The Morgan fingerprint density at radius 2 is 2.17 bits per heavy atom. The average molecular weight is 254 g/mol. The zero-order valence-electron chi connectivity index (χ0n) is 10.6. The lowest BCUT2D eigenvalue weighted by atomic mass is 9.55. The van der Waals surface area contributed by atoms with Gasteiger partial charge in [-0.1, -0.05) is 12.2 Å². The number of carbonyl (C=O) groups excluding carboxylic acids is 1. The molecule has 0 spiro atoms. The summed E-state index contributed by atoms with van der Waals surface area (Å²) >= 11 is 0. The van der Waals surface area contributed by atoms with Crippen LogP contribution in [0.3, 0.4) is 0 Å². The van der Waals surface area contributed by atoms with Gasteiger partial charge in [0.05, 0.1) is 13.5 Å². The summed E-state index contributed by atoms with van der Waals surface area (Å²) in [4.78, 5) is 23.3. The fraction of sp³-hybridized carbons (Fsp3) is 0.692. The van der Waals surface area contributed by atoms with Crippen LogP contribution in [0.5, 0.6) is 0 Å². The van der Waals surface area contributed by atoms with Gasteiger partial charge in [-0.05, 0) is 25.2 Å². The molecule has 5 heteroatoms. The Balaban J connectivity index is 2.49. The van der Waals surface area contributed by atoms with Gasteiger partial charge in [0.1, 0.15) is 11.0 Å². The van der Waals surface area contributed by atoms with Crippen LogP contribution >= 0.6 is 0 Å². The van der Waals surface area contributed by atoms with Gasteiger partial charge in [0, 0.05) is 7.11 Å². The van der Waals surface area contributed by atoms with Crippen molar-refractivity contribution in [1.29, 1.82) is 0 Å². The fourth-order valence-corrected chi connectivity index (χ4v) is 3.43. The van der Waals surface area contributed by atoms with E-state index in [-0.39, 0.29) is 12.3 Å². The second kappa shape index (κ2) is 4.39. The molecule has 2 bridgehead atoms. The number of carbonyl (C=O) groups is 2. The third-order valence-electron chi connectivity index (χ3n) is 4.34. The summed E-state index contributed by atoms with van der Waals surface area (Å²) in [6.07, 6.45) is 5.68. The lowest BCUT2D eigenvalue weighted by molar-refractivity contribution is -0.189. The van der Waals surface area contributed by atoms with Gasteiger partial charge in [-0.2, -0.15) is 0 Å². The van der Waals surface area contributed by atoms with Crippen molar-refractivity contribution < 1.29 is 24.2 Å². The van der Waals surface area contributed by atoms with Gasteiger partial charge >= 0.3 is 11.9 Å². The topological polar surface area (TPSA) is 72.8 Å². The Morgan fingerprint density at radius 3 is 2.61 bits per heavy atom. The summed E-state index contributed by atoms with van der Waals surface area (Å²) in [6.45, 7) is 0. The minimum Gasteiger partial charge on any atom is -0.481 e. The van der Waals surface area contributed by atoms with Crippen LogP contribution in [0.25, 0.3) is 0 Å². The molecule has 0 aliphatic heterocycles. The first-order chi connectivity index (χ1) is 8.49. The van der Waals surface area contributed by atoms with Crippen LogP contribution < -0.4 is 0 Å². The van der Waals surface area contributed by atoms with E-state index in [9.17, 15) is 9.59 Å². The number of carboxylic acid groups (broad SMARTS) is 1. The molecule has 0 heterocycles. The first kappa shape index (κ1) is 13.1. The fourth-order valence-electron chi connectivity index (χ4n) is 3.43. The highest BCUT2D eigenvalue weighted by atomic mass is 16.5. The van der Waals surface area contributed by atoms with Crippen LogP contribution in [0.15, 0.2) is 12.2 Å². The van der Waals surface area contributed by atoms with Crippen molar-refractivity contribution in [2.45, 2.75) is 31.3 Å². The SMILES string of the molecule is COC(=O)[C@]1(CC(=O)O)C[C@H]2C=C[C@]1(OC)CC2. The van der Waals surface area contributed by atoms with Gasteiger partial charge in [0.2, 0.25) is 0 Å². The number of methoxy groups -OCH3 is 2. The van der Waals surface area contributed by atoms with Gasteiger partial charge in [-0.15, -0.1) is 0 Å². The van der Waals surface area contributed by atoms with E-state index in [4.69, 9.17) is 14.6 Å². The van der Waals surface area contributed by atoms with Crippen molar-refractivity contribution in [1.82, 2.24) is 0 Å². The molecule has 3 rings (SSSR count). The average Bonchev–Trinajstić information content (AvgIpc) is 2.38. The molecule has 1 fully saturated rings. The maximum atomic E-state index is 12.2. The Kier molecular flexibility index (Phi) is 3.19. The van der Waals surface area contributed by atoms with Crippen LogP contribution in [0, 0.1) is 11.3 Å². The molecule has 0 amide bonds. The zero-order chi connectivity index (χ0) is 13.4. The number of fused-ring (bicyclic) bond motifs is 2. The van der Waals surface area contributed by atoms with Gasteiger partial charge in [-0.25, -0.2) is 0 Å². The smallest absolute Gasteiger partial charge is 0.315 e. The third kappa shape index (κ3) is 1.65. The molecule has 0 radical (unpaired) electrons. The van der Waals surface area contributed by atoms with Gasteiger partial charge in [0.15, 0.2) is 0 Å². The van der Waals surface area contributed by atoms with E-state index in [0.717, 1.165) is 6.42 Å². The van der Waals surface area contributed by atoms with E-state index in [0.29, 0.717) is 12.8 Å². The maximum absolute atomic E-state index is 12.2. The van der Waals surface area contributed by atoms with Crippen molar-refractivity contribution >= 4 is 11.9 Å². The number of hydrogen-bond donors (Lipinski definition) is 1. The normalized spacial score (nSPS) is 37.6. The molecule has 0 aromatic carbocycles. The number of ether oxygens (including phenoxy) is 2. The monoisotopic (exact) mass is 254 g/mol. The van der Waals surface area contributed by atoms with E-state index in [2.05, 4.69) is 0 Å². The largest absolute Gasteiger partial charge is 0.481 e. The minimum atomic E-state index is -1.10. The van der Waals surface area contributed by atoms with Crippen LogP contribution in [-0.4, -0.2) is 36.9 Å². The molecule has 18 heavy (non-hydrogen) atoms. The molecule has 3 atom stereocenters. The predicted octanol–water partition coefficient (Wildman–Crippen LogP) is 1.38. The van der Waals surface area contributed by atoms with E-state index in [1.165, 1.54) is 14.2 Å². The standard InChI is InChI=1S/C13H18O5/c1-17-11(16)12(8-10(14)15)7-9-3-5-13(12,18-2)6-4-9/h3,5,9H,4,6-8H2,1-2H3,(H,14,15)/t9-,12+,13-/m0/s1. The second-order valence-electron chi connectivity index (χ2n) is 5.10. The summed E-state index contributed by atoms with van der Waals surface area (Å²) < 4.78 is 10.4. The van der Waals surface area contributed by atoms with Gasteiger partial charge < -0.3 is 14.6 Å². The summed E-state index contributed by atoms with van der Waals surface area (Å²) in [6, 6.07) is 0. The van der Waals surface area contributed by atoms with E-state index in [1.807, 2.05) is 12.2 Å². The van der Waals surface area contributed by atoms with E-state index < -0.39 is 23.0 Å². The van der Waals surface area contributed by atoms with Gasteiger partial charge in [-0.3, -0.25) is 9.59 Å². The molecule has 100 valence electrons. The number of carboxylic acids is 1. The molecule has 1 saturated carbocycles. The number of aliphatic carboxylic acids is 1. The molecule has 5 nitrogen and oxygen atoms in total. The van der Waals surface area contributed by atoms with Crippen LogP contribution in [0.4, 0.5) is 0 Å². The molecule has 3 aliphatic carbocycles. The number of rotatable bonds is 4. The molecular weight excluding hydrogens is 236 g/mol. The molecular formula is C13H18O5. The highest BCUT2D eigenvalue weighted by Crippen LogP contribution is 2.55. The Labute approximate surface area is 106 Å². The van der Waals surface area contributed by atoms with Crippen molar-refractivity contribution in [2.75, 3.05) is 14.2 Å². The molecule has 0 aromatic rings. The first-order valence-electron chi connectivity index (χ1n) is 6.04. The molecule has 0 aromatic heterocycles. The summed E-state index contributed by atoms with van der Waals surface area (Å²) in [5, 5.41) is 9.13. The summed E-state index contributed by atoms with van der Waals surface area (Å²) in [7, 11) is 2.82. The number of allylic oxidation sites excluding steroid dienone is 1. The second-order valence-corrected chi connectivity index (χ2v) is 5.10. The highest BCUT2D eigenvalue weighted by Gasteiger charge is 2.62. The third-order valence-corrected chi connectivity index (χ3v) is 4.34. The maximum Gasteiger partial charge on any atom is 0.315 e. The van der Waals surface area contributed by atoms with Crippen LogP contribution in [0.2, 0.25) is 0 Å². The Hall–Kier alpha value is -1.36. The molecule has 0 unspecified atom stereocenters. The van der Waals surface area contributed by atoms with Crippen molar-refractivity contribution in [3.63, 3.8) is 0 Å². The number of esters is 1. The summed E-state index contributed by atoms with van der Waals surface area (Å²) in [5.41, 5.74) is -1.94. The first-order valence-corrected chi connectivity index (χ1v) is 6.04. The zero-order valence-corrected chi connectivity index (χ0v) is 10.6. The van der Waals surface area contributed by atoms with Gasteiger partial charge in [0.25, 0.3) is 0 Å². The van der Waals surface area contributed by atoms with E-state index >= 15 is 0 Å². The van der Waals surface area contributed by atoms with Crippen molar-refractivity contribution in [3.05, 3.63) is 12.2 Å². The lowest BCUT2D eigenvalue weighted by Crippen LogP contribution is -2.60. The van der Waals surface area contributed by atoms with Crippen molar-refractivity contribution in [2.24, 2.45) is 11.3 Å². The minimum absolute atomic E-state index is 0.237.